The summed E-state index contributed by atoms with van der Waals surface area (Å²) in [6.07, 6.45) is 0. The van der Waals surface area contributed by atoms with E-state index >= 15 is 0 Å². The van der Waals surface area contributed by atoms with Crippen molar-refractivity contribution in [2.45, 2.75) is 12.3 Å². The van der Waals surface area contributed by atoms with Gasteiger partial charge in [-0.3, -0.25) is 9.59 Å². The number of carbonyl (C=O) groups excluding carboxylic acids is 2. The Morgan fingerprint density at radius 1 is 1.09 bits per heavy atom. The number of rotatable bonds is 3. The smallest absolute Gasteiger partial charge is 0.295 e. The lowest BCUT2D eigenvalue weighted by Gasteiger charge is -2.17. The zero-order valence-electron chi connectivity index (χ0n) is 11.7. The molecule has 1 unspecified atom stereocenters. The lowest BCUT2D eigenvalue weighted by Crippen LogP contribution is -2.34. The zero-order valence-corrected chi connectivity index (χ0v) is 14.7. The highest BCUT2D eigenvalue weighted by atomic mass is 127. The molecule has 2 amide bonds. The molecule has 2 aromatic carbocycles. The van der Waals surface area contributed by atoms with Crippen LogP contribution in [0.2, 0.25) is 0 Å². The Hall–Kier alpha value is -1.54. The van der Waals surface area contributed by atoms with E-state index in [4.69, 9.17) is 0 Å². The Labute approximate surface area is 146 Å². The van der Waals surface area contributed by atoms with Crippen LogP contribution in [0.15, 0.2) is 48.5 Å². The SMILES string of the molecule is Cc1ccccc1N1C(=O)SC(Nc2ccccc2I)C1=O. The van der Waals surface area contributed by atoms with Crippen molar-refractivity contribution in [2.75, 3.05) is 10.2 Å². The number of benzene rings is 2. The summed E-state index contributed by atoms with van der Waals surface area (Å²) in [5.74, 6) is -0.232. The maximum atomic E-state index is 12.6. The predicted octanol–water partition coefficient (Wildman–Crippen LogP) is 4.24. The Kier molecular flexibility index (Phi) is 4.39. The molecule has 1 atom stereocenters. The summed E-state index contributed by atoms with van der Waals surface area (Å²) in [4.78, 5) is 26.1. The standard InChI is InChI=1S/C16H13IN2O2S/c1-10-6-2-5-9-13(10)19-15(20)14(22-16(19)21)18-12-8-4-3-7-11(12)17/h2-9,14,18H,1H3. The summed E-state index contributed by atoms with van der Waals surface area (Å²) >= 11 is 3.21. The maximum Gasteiger partial charge on any atom is 0.295 e. The summed E-state index contributed by atoms with van der Waals surface area (Å²) in [5.41, 5.74) is 2.41. The number of nitrogens with one attached hydrogen (secondary N) is 1. The lowest BCUT2D eigenvalue weighted by atomic mass is 10.2. The summed E-state index contributed by atoms with van der Waals surface area (Å²) in [5, 5.41) is 2.31. The number of hydrogen-bond acceptors (Lipinski definition) is 4. The highest BCUT2D eigenvalue weighted by molar-refractivity contribution is 14.1. The van der Waals surface area contributed by atoms with E-state index in [1.165, 1.54) is 4.90 Å². The van der Waals surface area contributed by atoms with Crippen LogP contribution < -0.4 is 10.2 Å². The molecular weight excluding hydrogens is 411 g/mol. The van der Waals surface area contributed by atoms with Gasteiger partial charge in [-0.05, 0) is 65.0 Å². The third-order valence-electron chi connectivity index (χ3n) is 3.36. The molecule has 1 N–H and O–H groups in total. The minimum absolute atomic E-state index is 0.232. The Bertz CT molecular complexity index is 750. The number of imide groups is 1. The molecule has 0 bridgehead atoms. The molecule has 1 aliphatic rings. The lowest BCUT2D eigenvalue weighted by molar-refractivity contribution is -0.116. The quantitative estimate of drug-likeness (QED) is 0.750. The van der Waals surface area contributed by atoms with Crippen molar-refractivity contribution in [2.24, 2.45) is 0 Å². The zero-order chi connectivity index (χ0) is 15.7. The fourth-order valence-electron chi connectivity index (χ4n) is 2.25. The van der Waals surface area contributed by atoms with Crippen LogP contribution in [0.25, 0.3) is 0 Å². The molecule has 22 heavy (non-hydrogen) atoms. The highest BCUT2D eigenvalue weighted by Gasteiger charge is 2.41. The van der Waals surface area contributed by atoms with Crippen molar-refractivity contribution < 1.29 is 9.59 Å². The highest BCUT2D eigenvalue weighted by Crippen LogP contribution is 2.34. The van der Waals surface area contributed by atoms with Gasteiger partial charge in [0.25, 0.3) is 11.1 Å². The van der Waals surface area contributed by atoms with E-state index in [0.717, 1.165) is 26.6 Å². The first kappa shape index (κ1) is 15.4. The van der Waals surface area contributed by atoms with Crippen molar-refractivity contribution in [3.8, 4) is 0 Å². The van der Waals surface area contributed by atoms with E-state index in [9.17, 15) is 9.59 Å². The van der Waals surface area contributed by atoms with Crippen molar-refractivity contribution in [1.82, 2.24) is 0 Å². The Balaban J connectivity index is 1.86. The van der Waals surface area contributed by atoms with Gasteiger partial charge in [0, 0.05) is 9.26 Å². The van der Waals surface area contributed by atoms with Crippen LogP contribution in [-0.2, 0) is 4.79 Å². The van der Waals surface area contributed by atoms with E-state index in [0.29, 0.717) is 5.69 Å². The molecule has 3 rings (SSSR count). The van der Waals surface area contributed by atoms with Crippen molar-refractivity contribution in [1.29, 1.82) is 0 Å². The molecule has 1 saturated heterocycles. The third kappa shape index (κ3) is 2.85. The van der Waals surface area contributed by atoms with E-state index in [-0.39, 0.29) is 11.1 Å². The van der Waals surface area contributed by atoms with Crippen molar-refractivity contribution in [3.63, 3.8) is 0 Å². The van der Waals surface area contributed by atoms with Crippen molar-refractivity contribution >= 4 is 56.9 Å². The first-order valence-electron chi connectivity index (χ1n) is 6.69. The van der Waals surface area contributed by atoms with E-state index in [1.54, 1.807) is 6.07 Å². The molecule has 1 fully saturated rings. The molecular formula is C16H13IN2O2S. The van der Waals surface area contributed by atoms with Crippen LogP contribution in [0.4, 0.5) is 16.2 Å². The van der Waals surface area contributed by atoms with Gasteiger partial charge in [0.1, 0.15) is 0 Å². The summed E-state index contributed by atoms with van der Waals surface area (Å²) in [6.45, 7) is 1.89. The van der Waals surface area contributed by atoms with E-state index in [2.05, 4.69) is 27.9 Å². The number of halogens is 1. The minimum atomic E-state index is -0.594. The number of hydrogen-bond donors (Lipinski definition) is 1. The molecule has 6 heteroatoms. The monoisotopic (exact) mass is 424 g/mol. The molecule has 0 aromatic heterocycles. The molecule has 0 radical (unpaired) electrons. The van der Waals surface area contributed by atoms with Gasteiger partial charge in [-0.15, -0.1) is 0 Å². The van der Waals surface area contributed by atoms with Gasteiger partial charge >= 0.3 is 0 Å². The number of aryl methyl sites for hydroxylation is 1. The van der Waals surface area contributed by atoms with Gasteiger partial charge in [0.15, 0.2) is 5.37 Å². The van der Waals surface area contributed by atoms with Gasteiger partial charge in [0.05, 0.1) is 5.69 Å². The number of anilines is 2. The minimum Gasteiger partial charge on any atom is -0.364 e. The van der Waals surface area contributed by atoms with Crippen LogP contribution >= 0.6 is 34.4 Å². The second-order valence-corrected chi connectivity index (χ2v) is 7.07. The van der Waals surface area contributed by atoms with Gasteiger partial charge < -0.3 is 5.32 Å². The topological polar surface area (TPSA) is 49.4 Å². The van der Waals surface area contributed by atoms with Crippen LogP contribution in [0, 0.1) is 10.5 Å². The third-order valence-corrected chi connectivity index (χ3v) is 5.24. The molecule has 1 aliphatic heterocycles. The van der Waals surface area contributed by atoms with Crippen LogP contribution in [0.5, 0.6) is 0 Å². The van der Waals surface area contributed by atoms with Crippen LogP contribution in [0.3, 0.4) is 0 Å². The number of nitrogens with zero attached hydrogens (tertiary/aromatic N) is 1. The molecule has 0 spiro atoms. The first-order valence-corrected chi connectivity index (χ1v) is 8.65. The molecule has 1 heterocycles. The molecule has 112 valence electrons. The number of amides is 2. The number of thioether (sulfide) groups is 1. The number of carbonyl (C=O) groups is 2. The summed E-state index contributed by atoms with van der Waals surface area (Å²) in [7, 11) is 0. The predicted molar refractivity (Wildman–Crippen MR) is 98.2 cm³/mol. The molecule has 4 nitrogen and oxygen atoms in total. The second-order valence-electron chi connectivity index (χ2n) is 4.85. The van der Waals surface area contributed by atoms with Crippen molar-refractivity contribution in [3.05, 3.63) is 57.7 Å². The molecule has 0 aliphatic carbocycles. The van der Waals surface area contributed by atoms with Gasteiger partial charge in [-0.2, -0.15) is 0 Å². The van der Waals surface area contributed by atoms with Crippen LogP contribution in [0.1, 0.15) is 5.56 Å². The van der Waals surface area contributed by atoms with Gasteiger partial charge in [0.2, 0.25) is 0 Å². The van der Waals surface area contributed by atoms with E-state index in [1.807, 2.05) is 49.4 Å². The normalized spacial score (nSPS) is 17.9. The first-order chi connectivity index (χ1) is 10.6. The van der Waals surface area contributed by atoms with Crippen LogP contribution in [-0.4, -0.2) is 16.5 Å². The molecule has 2 aromatic rings. The number of para-hydroxylation sites is 2. The average molecular weight is 424 g/mol. The van der Waals surface area contributed by atoms with E-state index < -0.39 is 5.37 Å². The van der Waals surface area contributed by atoms with Gasteiger partial charge in [-0.25, -0.2) is 4.90 Å². The summed E-state index contributed by atoms with van der Waals surface area (Å²) < 4.78 is 1.01. The fraction of sp³-hybridized carbons (Fsp3) is 0.125. The fourth-order valence-corrected chi connectivity index (χ4v) is 3.68. The second kappa shape index (κ2) is 6.29. The Morgan fingerprint density at radius 2 is 1.77 bits per heavy atom. The van der Waals surface area contributed by atoms with Gasteiger partial charge in [-0.1, -0.05) is 30.3 Å². The maximum absolute atomic E-state index is 12.6. The largest absolute Gasteiger partial charge is 0.364 e. The molecule has 0 saturated carbocycles. The average Bonchev–Trinajstić information content (AvgIpc) is 2.77. The summed E-state index contributed by atoms with van der Waals surface area (Å²) in [6, 6.07) is 15.1. The Morgan fingerprint density at radius 3 is 2.50 bits per heavy atom.